The van der Waals surface area contributed by atoms with Gasteiger partial charge in [-0.15, -0.1) is 0 Å². The van der Waals surface area contributed by atoms with E-state index in [0.717, 1.165) is 20.2 Å². The second-order valence-corrected chi connectivity index (χ2v) is 6.89. The first-order valence-corrected chi connectivity index (χ1v) is 8.60. The van der Waals surface area contributed by atoms with E-state index in [-0.39, 0.29) is 12.3 Å². The molecule has 0 spiro atoms. The van der Waals surface area contributed by atoms with Crippen molar-refractivity contribution >= 4 is 37.6 Å². The molecule has 1 aromatic heterocycles. The zero-order valence-electron chi connectivity index (χ0n) is 12.1. The molecule has 5 heteroatoms. The van der Waals surface area contributed by atoms with Gasteiger partial charge in [-0.3, -0.25) is 4.79 Å². The molecule has 0 fully saturated rings. The summed E-state index contributed by atoms with van der Waals surface area (Å²) in [6.45, 7) is 0.271. The highest BCUT2D eigenvalue weighted by molar-refractivity contribution is 9.10. The minimum absolute atomic E-state index is 0.0551. The normalized spacial score (nSPS) is 10.5. The number of Topliss-reactive ketones (excluding diaryl/α,β-unsaturated/α-hetero) is 1. The van der Waals surface area contributed by atoms with Gasteiger partial charge in [0.25, 0.3) is 6.33 Å². The molecule has 114 valence electrons. The Morgan fingerprint density at radius 1 is 1.00 bits per heavy atom. The molecule has 23 heavy (non-hydrogen) atoms. The molecule has 0 unspecified atom stereocenters. The zero-order chi connectivity index (χ0) is 16.2. The van der Waals surface area contributed by atoms with Crippen LogP contribution in [0.1, 0.15) is 10.4 Å². The SMILES string of the molecule is O=C(C[n+]1ccc(-c2cccc(Br)c2)nc1)c1ccc(Br)cc1. The van der Waals surface area contributed by atoms with Crippen LogP contribution in [0, 0.1) is 0 Å². The lowest BCUT2D eigenvalue weighted by molar-refractivity contribution is -0.686. The minimum atomic E-state index is 0.0551. The van der Waals surface area contributed by atoms with Gasteiger partial charge in [-0.05, 0) is 29.2 Å². The van der Waals surface area contributed by atoms with E-state index in [0.29, 0.717) is 5.56 Å². The highest BCUT2D eigenvalue weighted by Gasteiger charge is 2.12. The molecule has 0 saturated heterocycles. The van der Waals surface area contributed by atoms with Gasteiger partial charge in [0.05, 0.1) is 6.20 Å². The van der Waals surface area contributed by atoms with Crippen LogP contribution in [0.3, 0.4) is 0 Å². The third-order valence-corrected chi connectivity index (χ3v) is 4.40. The van der Waals surface area contributed by atoms with Gasteiger partial charge in [0.1, 0.15) is 0 Å². The number of carbonyl (C=O) groups excluding carboxylic acids is 1. The maximum absolute atomic E-state index is 12.3. The first-order valence-electron chi connectivity index (χ1n) is 7.01. The highest BCUT2D eigenvalue weighted by atomic mass is 79.9. The third kappa shape index (κ3) is 4.12. The van der Waals surface area contributed by atoms with E-state index in [2.05, 4.69) is 36.8 Å². The first-order chi connectivity index (χ1) is 11.1. The van der Waals surface area contributed by atoms with Crippen LogP contribution in [0.25, 0.3) is 11.3 Å². The summed E-state index contributed by atoms with van der Waals surface area (Å²) in [6, 6.07) is 17.2. The number of ketones is 1. The summed E-state index contributed by atoms with van der Waals surface area (Å²) in [6.07, 6.45) is 3.56. The lowest BCUT2D eigenvalue weighted by Gasteiger charge is -2.01. The molecule has 0 aliphatic heterocycles. The van der Waals surface area contributed by atoms with Crippen molar-refractivity contribution in [1.82, 2.24) is 4.98 Å². The summed E-state index contributed by atoms with van der Waals surface area (Å²) in [5.41, 5.74) is 2.60. The van der Waals surface area contributed by atoms with Crippen LogP contribution in [0.2, 0.25) is 0 Å². The largest absolute Gasteiger partial charge is 0.290 e. The molecule has 2 aromatic carbocycles. The summed E-state index contributed by atoms with van der Waals surface area (Å²) < 4.78 is 3.76. The van der Waals surface area contributed by atoms with Crippen LogP contribution in [0.4, 0.5) is 0 Å². The second-order valence-electron chi connectivity index (χ2n) is 5.06. The van der Waals surface area contributed by atoms with Crippen molar-refractivity contribution in [2.45, 2.75) is 6.54 Å². The smallest absolute Gasteiger partial charge is 0.287 e. The number of benzene rings is 2. The van der Waals surface area contributed by atoms with Gasteiger partial charge < -0.3 is 0 Å². The maximum Gasteiger partial charge on any atom is 0.287 e. The molecular weight excluding hydrogens is 420 g/mol. The Labute approximate surface area is 151 Å². The van der Waals surface area contributed by atoms with Crippen molar-refractivity contribution in [3.8, 4) is 11.3 Å². The zero-order valence-corrected chi connectivity index (χ0v) is 15.3. The molecule has 0 saturated carbocycles. The first kappa shape index (κ1) is 16.0. The van der Waals surface area contributed by atoms with Crippen molar-refractivity contribution in [3.63, 3.8) is 0 Å². The Balaban J connectivity index is 1.75. The number of nitrogens with zero attached hydrogens (tertiary/aromatic N) is 2. The molecule has 1 heterocycles. The molecular formula is C18H13Br2N2O+. The highest BCUT2D eigenvalue weighted by Crippen LogP contribution is 2.20. The topological polar surface area (TPSA) is 33.8 Å². The molecule has 3 aromatic rings. The van der Waals surface area contributed by atoms with Gasteiger partial charge in [-0.25, -0.2) is 4.57 Å². The summed E-state index contributed by atoms with van der Waals surface area (Å²) >= 11 is 6.82. The predicted octanol–water partition coefficient (Wildman–Crippen LogP) is 4.44. The van der Waals surface area contributed by atoms with E-state index < -0.39 is 0 Å². The number of hydrogen-bond donors (Lipinski definition) is 0. The number of halogens is 2. The van der Waals surface area contributed by atoms with Crippen LogP contribution < -0.4 is 4.57 Å². The van der Waals surface area contributed by atoms with Gasteiger partial charge >= 0.3 is 0 Å². The van der Waals surface area contributed by atoms with Crippen molar-refractivity contribution in [3.05, 3.63) is 81.6 Å². The number of aromatic nitrogens is 2. The fraction of sp³-hybridized carbons (Fsp3) is 0.0556. The van der Waals surface area contributed by atoms with Crippen LogP contribution in [-0.2, 0) is 6.54 Å². The Morgan fingerprint density at radius 2 is 1.78 bits per heavy atom. The average molecular weight is 433 g/mol. The Bertz CT molecular complexity index is 830. The monoisotopic (exact) mass is 431 g/mol. The van der Waals surface area contributed by atoms with Crippen LogP contribution in [0.5, 0.6) is 0 Å². The van der Waals surface area contributed by atoms with E-state index in [4.69, 9.17) is 0 Å². The van der Waals surface area contributed by atoms with Gasteiger partial charge in [-0.1, -0.05) is 56.1 Å². The van der Waals surface area contributed by atoms with Crippen molar-refractivity contribution in [2.75, 3.05) is 0 Å². The molecule has 3 rings (SSSR count). The fourth-order valence-corrected chi connectivity index (χ4v) is 2.85. The number of rotatable bonds is 4. The van der Waals surface area contributed by atoms with Gasteiger partial charge in [-0.2, -0.15) is 0 Å². The molecule has 0 bridgehead atoms. The minimum Gasteiger partial charge on any atom is -0.290 e. The molecule has 0 N–H and O–H groups in total. The van der Waals surface area contributed by atoms with Crippen molar-refractivity contribution < 1.29 is 9.36 Å². The van der Waals surface area contributed by atoms with Crippen LogP contribution >= 0.6 is 31.9 Å². The van der Waals surface area contributed by atoms with E-state index in [1.165, 1.54) is 0 Å². The van der Waals surface area contributed by atoms with E-state index in [1.54, 1.807) is 10.9 Å². The number of hydrogen-bond acceptors (Lipinski definition) is 2. The van der Waals surface area contributed by atoms with Crippen LogP contribution in [0.15, 0.2) is 76.1 Å². The Hall–Kier alpha value is -1.85. The van der Waals surface area contributed by atoms with E-state index >= 15 is 0 Å². The quantitative estimate of drug-likeness (QED) is 0.451. The van der Waals surface area contributed by atoms with E-state index in [1.807, 2.05) is 60.8 Å². The van der Waals surface area contributed by atoms with Crippen LogP contribution in [-0.4, -0.2) is 10.8 Å². The Kier molecular flexibility index (Phi) is 4.98. The molecule has 0 amide bonds. The van der Waals surface area contributed by atoms with Gasteiger partial charge in [0, 0.05) is 26.1 Å². The molecule has 3 nitrogen and oxygen atoms in total. The second kappa shape index (κ2) is 7.15. The average Bonchev–Trinajstić information content (AvgIpc) is 2.56. The molecule has 0 aliphatic rings. The van der Waals surface area contributed by atoms with Gasteiger partial charge in [0.2, 0.25) is 5.78 Å². The predicted molar refractivity (Wildman–Crippen MR) is 96.0 cm³/mol. The summed E-state index contributed by atoms with van der Waals surface area (Å²) in [5, 5.41) is 0. The fourth-order valence-electron chi connectivity index (χ4n) is 2.19. The lowest BCUT2D eigenvalue weighted by atomic mass is 10.1. The summed E-state index contributed by atoms with van der Waals surface area (Å²) in [4.78, 5) is 16.7. The Morgan fingerprint density at radius 3 is 2.43 bits per heavy atom. The third-order valence-electron chi connectivity index (χ3n) is 3.38. The summed E-state index contributed by atoms with van der Waals surface area (Å²) in [5.74, 6) is 0.0551. The molecule has 0 aliphatic carbocycles. The standard InChI is InChI=1S/C18H13Br2N2O/c19-15-6-4-13(5-7-15)18(23)11-22-9-8-17(21-12-22)14-2-1-3-16(20)10-14/h1-10,12H,11H2/q+1. The number of carbonyl (C=O) groups is 1. The lowest BCUT2D eigenvalue weighted by Crippen LogP contribution is -2.37. The molecule has 0 radical (unpaired) electrons. The van der Waals surface area contributed by atoms with Crippen molar-refractivity contribution in [2.24, 2.45) is 0 Å². The summed E-state index contributed by atoms with van der Waals surface area (Å²) in [7, 11) is 0. The molecule has 0 atom stereocenters. The van der Waals surface area contributed by atoms with Gasteiger partial charge in [0.15, 0.2) is 12.2 Å². The van der Waals surface area contributed by atoms with E-state index in [9.17, 15) is 4.79 Å². The van der Waals surface area contributed by atoms with Crippen molar-refractivity contribution in [1.29, 1.82) is 0 Å². The maximum atomic E-state index is 12.3.